The van der Waals surface area contributed by atoms with Gasteiger partial charge in [0, 0.05) is 19.2 Å². The zero-order chi connectivity index (χ0) is 16.1. The van der Waals surface area contributed by atoms with Gasteiger partial charge in [-0.2, -0.15) is 0 Å². The van der Waals surface area contributed by atoms with E-state index in [-0.39, 0.29) is 11.6 Å². The highest BCUT2D eigenvalue weighted by Gasteiger charge is 2.17. The topological polar surface area (TPSA) is 76.8 Å². The minimum Gasteiger partial charge on any atom is -0.495 e. The van der Waals surface area contributed by atoms with Gasteiger partial charge in [-0.25, -0.2) is 0 Å². The molecule has 1 amide bonds. The Morgan fingerprint density at radius 2 is 2.13 bits per heavy atom. The van der Waals surface area contributed by atoms with Crippen molar-refractivity contribution in [3.05, 3.63) is 41.8 Å². The van der Waals surface area contributed by atoms with Crippen molar-refractivity contribution >= 4 is 11.6 Å². The van der Waals surface area contributed by atoms with Gasteiger partial charge in [-0.15, -0.1) is 0 Å². The van der Waals surface area contributed by atoms with Gasteiger partial charge >= 0.3 is 0 Å². The van der Waals surface area contributed by atoms with E-state index in [0.717, 1.165) is 26.3 Å². The fraction of sp³-hybridized carbons (Fsp3) is 0.375. The normalized spacial score (nSPS) is 15.3. The van der Waals surface area contributed by atoms with E-state index in [1.807, 2.05) is 12.1 Å². The number of carbonyl (C=O) groups excluding carboxylic acids is 1. The maximum atomic E-state index is 12.3. The molecular formula is C16H19N3O4. The van der Waals surface area contributed by atoms with Crippen molar-refractivity contribution in [2.45, 2.75) is 6.54 Å². The number of aromatic nitrogens is 1. The Hall–Kier alpha value is -2.38. The Labute approximate surface area is 134 Å². The number of carbonyl (C=O) groups is 1. The molecule has 2 aromatic rings. The van der Waals surface area contributed by atoms with Crippen molar-refractivity contribution in [2.24, 2.45) is 0 Å². The predicted molar refractivity (Wildman–Crippen MR) is 83.5 cm³/mol. The van der Waals surface area contributed by atoms with Crippen LogP contribution in [-0.2, 0) is 11.3 Å². The van der Waals surface area contributed by atoms with Crippen molar-refractivity contribution in [3.8, 4) is 5.75 Å². The van der Waals surface area contributed by atoms with Crippen LogP contribution in [0.1, 0.15) is 16.2 Å². The summed E-state index contributed by atoms with van der Waals surface area (Å²) in [5, 5.41) is 6.62. The molecule has 0 atom stereocenters. The number of hydrogen-bond acceptors (Lipinski definition) is 6. The highest BCUT2D eigenvalue weighted by Crippen LogP contribution is 2.23. The molecule has 7 heteroatoms. The Morgan fingerprint density at radius 1 is 1.35 bits per heavy atom. The number of morpholine rings is 1. The van der Waals surface area contributed by atoms with Crippen LogP contribution in [0.15, 0.2) is 34.9 Å². The van der Waals surface area contributed by atoms with Crippen molar-refractivity contribution in [2.75, 3.05) is 38.7 Å². The average Bonchev–Trinajstić information content (AvgIpc) is 3.05. The van der Waals surface area contributed by atoms with E-state index in [1.165, 1.54) is 0 Å². The minimum atomic E-state index is -0.327. The summed E-state index contributed by atoms with van der Waals surface area (Å²) in [5.74, 6) is 0.932. The lowest BCUT2D eigenvalue weighted by Gasteiger charge is -2.25. The molecule has 3 rings (SSSR count). The molecule has 23 heavy (non-hydrogen) atoms. The van der Waals surface area contributed by atoms with Crippen LogP contribution in [0.3, 0.4) is 0 Å². The monoisotopic (exact) mass is 317 g/mol. The first-order valence-corrected chi connectivity index (χ1v) is 7.46. The molecule has 0 spiro atoms. The smallest absolute Gasteiger partial charge is 0.277 e. The molecular weight excluding hydrogens is 298 g/mol. The summed E-state index contributed by atoms with van der Waals surface area (Å²) >= 11 is 0. The quantitative estimate of drug-likeness (QED) is 0.905. The maximum absolute atomic E-state index is 12.3. The van der Waals surface area contributed by atoms with Crippen molar-refractivity contribution in [1.29, 1.82) is 0 Å². The summed E-state index contributed by atoms with van der Waals surface area (Å²) in [4.78, 5) is 14.5. The third-order valence-corrected chi connectivity index (χ3v) is 3.63. The molecule has 0 radical (unpaired) electrons. The van der Waals surface area contributed by atoms with Gasteiger partial charge in [0.25, 0.3) is 5.91 Å². The number of hydrogen-bond donors (Lipinski definition) is 1. The van der Waals surface area contributed by atoms with Crippen LogP contribution in [-0.4, -0.2) is 49.4 Å². The van der Waals surface area contributed by atoms with Gasteiger partial charge in [-0.1, -0.05) is 17.3 Å². The summed E-state index contributed by atoms with van der Waals surface area (Å²) in [6, 6.07) is 8.88. The summed E-state index contributed by atoms with van der Waals surface area (Å²) < 4.78 is 15.8. The second-order valence-corrected chi connectivity index (χ2v) is 5.22. The Bertz CT molecular complexity index is 665. The van der Waals surface area contributed by atoms with E-state index in [4.69, 9.17) is 14.0 Å². The van der Waals surface area contributed by atoms with Gasteiger partial charge in [0.05, 0.1) is 32.6 Å². The lowest BCUT2D eigenvalue weighted by atomic mass is 10.2. The second-order valence-electron chi connectivity index (χ2n) is 5.22. The van der Waals surface area contributed by atoms with E-state index in [2.05, 4.69) is 15.4 Å². The molecule has 122 valence electrons. The standard InChI is InChI=1S/C16H19N3O4/c1-21-15-5-3-2-4-13(15)17-16(20)14-10-12(23-18-14)11-19-6-8-22-9-7-19/h2-5,10H,6-9,11H2,1H3,(H,17,20). The molecule has 1 aliphatic heterocycles. The van der Waals surface area contributed by atoms with Gasteiger partial charge in [0.15, 0.2) is 11.5 Å². The van der Waals surface area contributed by atoms with Gasteiger partial charge in [-0.05, 0) is 12.1 Å². The zero-order valence-electron chi connectivity index (χ0n) is 12.9. The van der Waals surface area contributed by atoms with Crippen LogP contribution in [0, 0.1) is 0 Å². The number of nitrogens with zero attached hydrogens (tertiary/aromatic N) is 2. The summed E-state index contributed by atoms with van der Waals surface area (Å²) in [5.41, 5.74) is 0.844. The Balaban J connectivity index is 1.63. The molecule has 1 aromatic carbocycles. The zero-order valence-corrected chi connectivity index (χ0v) is 12.9. The van der Waals surface area contributed by atoms with Crippen LogP contribution in [0.2, 0.25) is 0 Å². The van der Waals surface area contributed by atoms with E-state index < -0.39 is 0 Å². The largest absolute Gasteiger partial charge is 0.495 e. The van der Waals surface area contributed by atoms with E-state index in [1.54, 1.807) is 25.3 Å². The number of rotatable bonds is 5. The van der Waals surface area contributed by atoms with Crippen LogP contribution in [0.25, 0.3) is 0 Å². The number of anilines is 1. The average molecular weight is 317 g/mol. The number of amides is 1. The molecule has 0 unspecified atom stereocenters. The maximum Gasteiger partial charge on any atom is 0.277 e. The first kappa shape index (κ1) is 15.5. The predicted octanol–water partition coefficient (Wildman–Crippen LogP) is 1.77. The molecule has 1 aliphatic rings. The number of benzene rings is 1. The SMILES string of the molecule is COc1ccccc1NC(=O)c1cc(CN2CCOCC2)on1. The number of ether oxygens (including phenoxy) is 2. The molecule has 1 N–H and O–H groups in total. The molecule has 1 aromatic heterocycles. The molecule has 0 bridgehead atoms. The van der Waals surface area contributed by atoms with Gasteiger partial charge in [0.1, 0.15) is 5.75 Å². The van der Waals surface area contributed by atoms with Crippen LogP contribution in [0.5, 0.6) is 5.75 Å². The highest BCUT2D eigenvalue weighted by molar-refractivity contribution is 6.03. The molecule has 7 nitrogen and oxygen atoms in total. The molecule has 2 heterocycles. The third kappa shape index (κ3) is 3.88. The molecule has 1 fully saturated rings. The van der Waals surface area contributed by atoms with E-state index in [9.17, 15) is 4.79 Å². The van der Waals surface area contributed by atoms with Gasteiger partial charge in [0.2, 0.25) is 0 Å². The highest BCUT2D eigenvalue weighted by atomic mass is 16.5. The second kappa shape index (κ2) is 7.26. The van der Waals surface area contributed by atoms with E-state index in [0.29, 0.717) is 23.7 Å². The minimum absolute atomic E-state index is 0.249. The van der Waals surface area contributed by atoms with Crippen molar-refractivity contribution < 1.29 is 18.8 Å². The summed E-state index contributed by atoms with van der Waals surface area (Å²) in [7, 11) is 1.56. The van der Waals surface area contributed by atoms with Gasteiger partial charge in [-0.3, -0.25) is 9.69 Å². The molecule has 0 aliphatic carbocycles. The lowest BCUT2D eigenvalue weighted by molar-refractivity contribution is 0.0305. The third-order valence-electron chi connectivity index (χ3n) is 3.63. The number of para-hydroxylation sites is 2. The van der Waals surface area contributed by atoms with E-state index >= 15 is 0 Å². The molecule has 0 saturated carbocycles. The number of nitrogens with one attached hydrogen (secondary N) is 1. The van der Waals surface area contributed by atoms with Crippen LogP contribution >= 0.6 is 0 Å². The van der Waals surface area contributed by atoms with Crippen LogP contribution < -0.4 is 10.1 Å². The molecule has 1 saturated heterocycles. The van der Waals surface area contributed by atoms with Crippen molar-refractivity contribution in [1.82, 2.24) is 10.1 Å². The van der Waals surface area contributed by atoms with Crippen molar-refractivity contribution in [3.63, 3.8) is 0 Å². The Kier molecular flexibility index (Phi) is 4.89. The Morgan fingerprint density at radius 3 is 2.91 bits per heavy atom. The number of methoxy groups -OCH3 is 1. The fourth-order valence-electron chi connectivity index (χ4n) is 2.41. The lowest BCUT2D eigenvalue weighted by Crippen LogP contribution is -2.35. The first-order valence-electron chi connectivity index (χ1n) is 7.46. The summed E-state index contributed by atoms with van der Waals surface area (Å²) in [6.07, 6.45) is 0. The summed E-state index contributed by atoms with van der Waals surface area (Å²) in [6.45, 7) is 3.76. The van der Waals surface area contributed by atoms with Gasteiger partial charge < -0.3 is 19.3 Å². The van der Waals surface area contributed by atoms with Crippen LogP contribution in [0.4, 0.5) is 5.69 Å². The first-order chi connectivity index (χ1) is 11.3. The fourth-order valence-corrected chi connectivity index (χ4v) is 2.41.